The highest BCUT2D eigenvalue weighted by Gasteiger charge is 2.23. The molecule has 24 heavy (non-hydrogen) atoms. The molecule has 0 spiro atoms. The van der Waals surface area contributed by atoms with Crippen LogP contribution in [0.4, 0.5) is 17.3 Å². The van der Waals surface area contributed by atoms with E-state index in [1.807, 2.05) is 31.2 Å². The average Bonchev–Trinajstić information content (AvgIpc) is 3.13. The maximum atomic E-state index is 12.1. The van der Waals surface area contributed by atoms with Gasteiger partial charge in [-0.25, -0.2) is 0 Å². The first-order chi connectivity index (χ1) is 11.6. The van der Waals surface area contributed by atoms with Gasteiger partial charge >= 0.3 is 5.82 Å². The minimum Gasteiger partial charge on any atom is -0.358 e. The Balaban J connectivity index is 1.71. The van der Waals surface area contributed by atoms with Gasteiger partial charge in [0.25, 0.3) is 4.96 Å². The second kappa shape index (κ2) is 6.67. The Kier molecular flexibility index (Phi) is 4.43. The lowest BCUT2D eigenvalue weighted by atomic mass is 10.1. The van der Waals surface area contributed by atoms with Gasteiger partial charge in [-0.1, -0.05) is 36.5 Å². The van der Waals surface area contributed by atoms with Gasteiger partial charge in [-0.15, -0.1) is 0 Å². The maximum absolute atomic E-state index is 12.1. The quantitative estimate of drug-likeness (QED) is 0.528. The molecule has 0 unspecified atom stereocenters. The number of nitro groups is 1. The third kappa shape index (κ3) is 3.06. The van der Waals surface area contributed by atoms with Gasteiger partial charge in [0.1, 0.15) is 6.20 Å². The fourth-order valence-corrected chi connectivity index (χ4v) is 3.08. The van der Waals surface area contributed by atoms with Crippen molar-refractivity contribution in [1.29, 1.82) is 0 Å². The van der Waals surface area contributed by atoms with Gasteiger partial charge in [0.2, 0.25) is 11.7 Å². The number of thiazole rings is 1. The zero-order valence-corrected chi connectivity index (χ0v) is 13.7. The van der Waals surface area contributed by atoms with Gasteiger partial charge in [-0.2, -0.15) is 9.38 Å². The molecule has 3 aromatic rings. The molecule has 3 rings (SSSR count). The number of nitrogens with zero attached hydrogens (tertiary/aromatic N) is 3. The van der Waals surface area contributed by atoms with Crippen molar-refractivity contribution in [2.75, 3.05) is 17.2 Å². The Hall–Kier alpha value is -2.94. The molecule has 1 aromatic carbocycles. The fraction of sp³-hybridized carbons (Fsp3) is 0.200. The number of aromatic nitrogens is 2. The molecule has 0 saturated heterocycles. The van der Waals surface area contributed by atoms with E-state index >= 15 is 0 Å². The smallest absolute Gasteiger partial charge is 0.358 e. The van der Waals surface area contributed by atoms with E-state index < -0.39 is 4.92 Å². The average molecular weight is 345 g/mol. The number of benzene rings is 1. The number of hydrogen-bond acceptors (Lipinski definition) is 6. The van der Waals surface area contributed by atoms with Crippen LogP contribution in [0.3, 0.4) is 0 Å². The van der Waals surface area contributed by atoms with Crippen LogP contribution in [0, 0.1) is 10.1 Å². The van der Waals surface area contributed by atoms with E-state index in [2.05, 4.69) is 15.6 Å². The first-order valence-corrected chi connectivity index (χ1v) is 8.19. The van der Waals surface area contributed by atoms with E-state index in [0.717, 1.165) is 17.7 Å². The zero-order valence-electron chi connectivity index (χ0n) is 12.9. The van der Waals surface area contributed by atoms with Crippen molar-refractivity contribution in [3.8, 4) is 0 Å². The Morgan fingerprint density at radius 1 is 1.42 bits per heavy atom. The number of rotatable bonds is 6. The number of para-hydroxylation sites is 1. The van der Waals surface area contributed by atoms with Crippen LogP contribution in [0.5, 0.6) is 0 Å². The van der Waals surface area contributed by atoms with E-state index in [4.69, 9.17) is 0 Å². The molecule has 0 bridgehead atoms. The topological polar surface area (TPSA) is 102 Å². The number of nitrogens with one attached hydrogen (secondary N) is 2. The highest BCUT2D eigenvalue weighted by atomic mass is 32.1. The van der Waals surface area contributed by atoms with Crippen LogP contribution >= 0.6 is 11.3 Å². The number of carbonyl (C=O) groups excluding carboxylic acids is 1. The monoisotopic (exact) mass is 345 g/mol. The number of amides is 1. The van der Waals surface area contributed by atoms with Gasteiger partial charge in [0.05, 0.1) is 6.54 Å². The Morgan fingerprint density at radius 3 is 2.96 bits per heavy atom. The van der Waals surface area contributed by atoms with Gasteiger partial charge < -0.3 is 20.7 Å². The molecule has 0 atom stereocenters. The molecule has 1 amide bonds. The lowest BCUT2D eigenvalue weighted by Crippen LogP contribution is -2.22. The molecule has 2 N–H and O–H groups in total. The van der Waals surface area contributed by atoms with Crippen molar-refractivity contribution in [1.82, 2.24) is 9.38 Å². The molecule has 2 heterocycles. The highest BCUT2D eigenvalue weighted by molar-refractivity contribution is 7.15. The number of anilines is 2. The fourth-order valence-electron chi connectivity index (χ4n) is 2.38. The summed E-state index contributed by atoms with van der Waals surface area (Å²) in [4.78, 5) is 27.5. The van der Waals surface area contributed by atoms with E-state index in [-0.39, 0.29) is 24.1 Å². The van der Waals surface area contributed by atoms with Crippen molar-refractivity contribution < 1.29 is 9.72 Å². The van der Waals surface area contributed by atoms with Crippen LogP contribution in [0.15, 0.2) is 35.8 Å². The summed E-state index contributed by atoms with van der Waals surface area (Å²) in [5.41, 5.74) is 1.77. The predicted molar refractivity (Wildman–Crippen MR) is 92.7 cm³/mol. The van der Waals surface area contributed by atoms with Crippen molar-refractivity contribution in [2.45, 2.75) is 13.3 Å². The molecule has 9 heteroatoms. The Bertz CT molecular complexity index is 902. The van der Waals surface area contributed by atoms with Gasteiger partial charge in [0, 0.05) is 11.1 Å². The molecule has 0 saturated carbocycles. The summed E-state index contributed by atoms with van der Waals surface area (Å²) in [5.74, 6) is -0.375. The number of imidazole rings is 1. The predicted octanol–water partition coefficient (Wildman–Crippen LogP) is 2.92. The first-order valence-electron chi connectivity index (χ1n) is 7.31. The van der Waals surface area contributed by atoms with Crippen molar-refractivity contribution in [3.63, 3.8) is 0 Å². The summed E-state index contributed by atoms with van der Waals surface area (Å²) in [5, 5.41) is 18.5. The van der Waals surface area contributed by atoms with Crippen LogP contribution in [0.25, 0.3) is 4.96 Å². The summed E-state index contributed by atoms with van der Waals surface area (Å²) in [6.45, 7) is 1.90. The molecule has 2 aromatic heterocycles. The molecular formula is C15H15N5O3S. The molecule has 0 fully saturated rings. The largest absolute Gasteiger partial charge is 0.372 e. The van der Waals surface area contributed by atoms with Crippen LogP contribution in [-0.4, -0.2) is 26.8 Å². The number of aryl methyl sites for hydroxylation is 1. The van der Waals surface area contributed by atoms with Crippen LogP contribution in [0.1, 0.15) is 12.5 Å². The maximum Gasteiger partial charge on any atom is 0.372 e. The van der Waals surface area contributed by atoms with E-state index in [1.54, 1.807) is 11.6 Å². The summed E-state index contributed by atoms with van der Waals surface area (Å²) >= 11 is 1.29. The SMILES string of the molecule is CCc1ccccc1NC(=O)CNc1nc2sccn2c1[N+](=O)[O-]. The van der Waals surface area contributed by atoms with E-state index in [1.165, 1.54) is 15.7 Å². The highest BCUT2D eigenvalue weighted by Crippen LogP contribution is 2.27. The minimum atomic E-state index is -0.515. The summed E-state index contributed by atoms with van der Waals surface area (Å²) in [6, 6.07) is 7.52. The lowest BCUT2D eigenvalue weighted by Gasteiger charge is -2.10. The summed E-state index contributed by atoms with van der Waals surface area (Å²) in [7, 11) is 0. The van der Waals surface area contributed by atoms with Crippen molar-refractivity contribution in [3.05, 3.63) is 51.5 Å². The third-order valence-electron chi connectivity index (χ3n) is 3.50. The van der Waals surface area contributed by atoms with Crippen LogP contribution < -0.4 is 10.6 Å². The number of carbonyl (C=O) groups is 1. The normalized spacial score (nSPS) is 10.7. The second-order valence-electron chi connectivity index (χ2n) is 5.01. The molecule has 0 aliphatic heterocycles. The molecule has 0 radical (unpaired) electrons. The Labute approximate surface area is 141 Å². The van der Waals surface area contributed by atoms with Crippen molar-refractivity contribution in [2.24, 2.45) is 0 Å². The van der Waals surface area contributed by atoms with E-state index in [0.29, 0.717) is 4.96 Å². The summed E-state index contributed by atoms with van der Waals surface area (Å²) in [6.07, 6.45) is 2.38. The zero-order chi connectivity index (χ0) is 17.1. The van der Waals surface area contributed by atoms with Crippen LogP contribution in [-0.2, 0) is 11.2 Å². The number of hydrogen-bond donors (Lipinski definition) is 2. The number of fused-ring (bicyclic) bond motifs is 1. The minimum absolute atomic E-state index is 0.0887. The van der Waals surface area contributed by atoms with Gasteiger partial charge in [0.15, 0.2) is 0 Å². The van der Waals surface area contributed by atoms with Gasteiger partial charge in [-0.05, 0) is 23.0 Å². The van der Waals surface area contributed by atoms with Gasteiger partial charge in [-0.3, -0.25) is 4.79 Å². The van der Waals surface area contributed by atoms with E-state index in [9.17, 15) is 14.9 Å². The third-order valence-corrected chi connectivity index (χ3v) is 4.26. The molecular weight excluding hydrogens is 330 g/mol. The molecule has 124 valence electrons. The summed E-state index contributed by atoms with van der Waals surface area (Å²) < 4.78 is 1.39. The van der Waals surface area contributed by atoms with Crippen LogP contribution in [0.2, 0.25) is 0 Å². The molecule has 8 nitrogen and oxygen atoms in total. The second-order valence-corrected chi connectivity index (χ2v) is 5.88. The first kappa shape index (κ1) is 15.9. The lowest BCUT2D eigenvalue weighted by molar-refractivity contribution is -0.389. The molecule has 0 aliphatic rings. The molecule has 0 aliphatic carbocycles. The van der Waals surface area contributed by atoms with Crippen molar-refractivity contribution >= 4 is 39.5 Å². The Morgan fingerprint density at radius 2 is 2.21 bits per heavy atom. The standard InChI is InChI=1S/C15H15N5O3S/c1-2-10-5-3-4-6-11(10)17-12(21)9-16-13-14(20(22)23)19-7-8-24-15(19)18-13/h3-8,16H,2,9H2,1H3,(H,17,21).